The Kier molecular flexibility index (Phi) is 11.1. The Morgan fingerprint density at radius 3 is 1.98 bits per heavy atom. The summed E-state index contributed by atoms with van der Waals surface area (Å²) in [5.74, 6) is -1.66. The second-order valence-corrected chi connectivity index (χ2v) is 17.3. The molecule has 56 heavy (non-hydrogen) atoms. The van der Waals surface area contributed by atoms with Gasteiger partial charge in [0.1, 0.15) is 6.42 Å². The third-order valence-corrected chi connectivity index (χ3v) is 12.2. The van der Waals surface area contributed by atoms with E-state index < -0.39 is 11.9 Å². The van der Waals surface area contributed by atoms with Crippen molar-refractivity contribution in [2.24, 2.45) is 0 Å². The van der Waals surface area contributed by atoms with Gasteiger partial charge in [0, 0.05) is 61.4 Å². The summed E-state index contributed by atoms with van der Waals surface area (Å²) in [6.45, 7) is 9.55. The number of carboxylic acid groups (broad SMARTS) is 2. The van der Waals surface area contributed by atoms with Gasteiger partial charge >= 0.3 is 11.9 Å². The normalized spacial score (nSPS) is 18.4. The number of para-hydroxylation sites is 2. The number of benzene rings is 4. The lowest BCUT2D eigenvalue weighted by Crippen LogP contribution is -2.28. The number of halogens is 2. The van der Waals surface area contributed by atoms with Crippen molar-refractivity contribution in [2.75, 3.05) is 22.9 Å². The number of aliphatic carboxylic acids is 2. The van der Waals surface area contributed by atoms with Crippen LogP contribution in [0.2, 0.25) is 0 Å². The molecule has 3 aliphatic rings. The van der Waals surface area contributed by atoms with Crippen LogP contribution in [0.5, 0.6) is 0 Å². The van der Waals surface area contributed by atoms with E-state index in [1.165, 1.54) is 11.1 Å². The number of allylic oxidation sites excluding steroid dienone is 7. The molecule has 7 nitrogen and oxygen atoms in total. The predicted octanol–water partition coefficient (Wildman–Crippen LogP) is 11.6. The average Bonchev–Trinajstić information content (AvgIpc) is 3.72. The van der Waals surface area contributed by atoms with Crippen molar-refractivity contribution in [3.8, 4) is 0 Å². The van der Waals surface area contributed by atoms with Crippen molar-refractivity contribution < 1.29 is 24.4 Å². The molecule has 4 aromatic carbocycles. The first-order chi connectivity index (χ1) is 26.8. The Morgan fingerprint density at radius 1 is 0.750 bits per heavy atom. The Labute approximate surface area is 345 Å². The molecule has 0 spiro atoms. The first-order valence-electron chi connectivity index (χ1n) is 19.0. The summed E-state index contributed by atoms with van der Waals surface area (Å²) in [5.41, 5.74) is 11.2. The molecule has 0 amide bonds. The van der Waals surface area contributed by atoms with E-state index in [-0.39, 0.29) is 23.7 Å². The van der Waals surface area contributed by atoms with E-state index in [0.717, 1.165) is 72.8 Å². The average molecular weight is 877 g/mol. The molecule has 7 rings (SSSR count). The highest BCUT2D eigenvalue weighted by Crippen LogP contribution is 2.50. The summed E-state index contributed by atoms with van der Waals surface area (Å²) in [6.07, 6.45) is 10.5. The smallest absolute Gasteiger partial charge is 0.309 e. The molecular formula is C47H46Br2N3O4+. The van der Waals surface area contributed by atoms with Gasteiger partial charge in [-0.1, -0.05) is 94.3 Å². The van der Waals surface area contributed by atoms with Crippen molar-refractivity contribution in [3.05, 3.63) is 164 Å². The highest BCUT2D eigenvalue weighted by Gasteiger charge is 2.45. The molecule has 0 saturated carbocycles. The largest absolute Gasteiger partial charge is 0.481 e. The first-order valence-corrected chi connectivity index (χ1v) is 20.6. The molecule has 4 aromatic rings. The molecule has 0 saturated heterocycles. The third-order valence-electron chi connectivity index (χ3n) is 11.2. The van der Waals surface area contributed by atoms with Gasteiger partial charge in [0.2, 0.25) is 5.69 Å². The zero-order valence-electron chi connectivity index (χ0n) is 32.1. The molecule has 0 fully saturated rings. The fourth-order valence-electron chi connectivity index (χ4n) is 8.44. The minimum atomic E-state index is -0.828. The number of hydrogen-bond donors (Lipinski definition) is 2. The third kappa shape index (κ3) is 7.59. The van der Waals surface area contributed by atoms with E-state index in [1.54, 1.807) is 0 Å². The summed E-state index contributed by atoms with van der Waals surface area (Å²) in [5, 5.41) is 19.4. The Bertz CT molecular complexity index is 2320. The first kappa shape index (κ1) is 39.3. The maximum atomic E-state index is 11.8. The van der Waals surface area contributed by atoms with Gasteiger partial charge < -0.3 is 20.0 Å². The number of nitrogens with zero attached hydrogens (tertiary/aromatic N) is 3. The highest BCUT2D eigenvalue weighted by atomic mass is 79.9. The van der Waals surface area contributed by atoms with Crippen molar-refractivity contribution in [2.45, 2.75) is 64.2 Å². The van der Waals surface area contributed by atoms with Crippen LogP contribution in [0, 0.1) is 0 Å². The number of fused-ring (bicyclic) bond motifs is 2. The summed E-state index contributed by atoms with van der Waals surface area (Å²) >= 11 is 7.34. The van der Waals surface area contributed by atoms with Gasteiger partial charge in [0.15, 0.2) is 12.3 Å². The van der Waals surface area contributed by atoms with Crippen LogP contribution >= 0.6 is 31.9 Å². The van der Waals surface area contributed by atoms with E-state index in [9.17, 15) is 19.8 Å². The number of hydrogen-bond acceptors (Lipinski definition) is 4. The minimum absolute atomic E-state index is 0.0227. The zero-order chi connectivity index (χ0) is 39.8. The maximum absolute atomic E-state index is 11.8. The maximum Gasteiger partial charge on any atom is 0.309 e. The summed E-state index contributed by atoms with van der Waals surface area (Å²) in [6, 6.07) is 33.3. The molecule has 0 atom stereocenters. The fourth-order valence-corrected chi connectivity index (χ4v) is 9.16. The summed E-state index contributed by atoms with van der Waals surface area (Å²) < 4.78 is 4.14. The van der Waals surface area contributed by atoms with E-state index in [0.29, 0.717) is 13.1 Å². The monoisotopic (exact) mass is 874 g/mol. The molecule has 286 valence electrons. The summed E-state index contributed by atoms with van der Waals surface area (Å²) in [7, 11) is 0. The topological polar surface area (TPSA) is 84.1 Å². The van der Waals surface area contributed by atoms with Crippen LogP contribution in [0.3, 0.4) is 0 Å². The minimum Gasteiger partial charge on any atom is -0.481 e. The number of carboxylic acids is 2. The van der Waals surface area contributed by atoms with Crippen LogP contribution in [0.4, 0.5) is 22.7 Å². The lowest BCUT2D eigenvalue weighted by Gasteiger charge is -2.29. The van der Waals surface area contributed by atoms with Gasteiger partial charge in [-0.05, 0) is 104 Å². The standard InChI is InChI=1S/C47H45Br2N3O4/c1-46(2)37-29-33(48)19-21-39(37)50(27-25-43(53)54)41(46)23-17-31-15-16-32(45(31)52(35-11-7-5-8-12-35)36-13-9-6-10-14-36)18-24-42-47(3,4)38-30-34(49)20-22-40(38)51(42)28-26-44(55)56/h5-14,17-24,29-30H,15-16,25-28H2,1-4H3,(H-,53,54,55,56)/p+1. The van der Waals surface area contributed by atoms with Crippen LogP contribution in [0.15, 0.2) is 153 Å². The van der Waals surface area contributed by atoms with Crippen molar-refractivity contribution in [1.82, 2.24) is 0 Å². The predicted molar refractivity (Wildman–Crippen MR) is 233 cm³/mol. The molecule has 0 radical (unpaired) electrons. The van der Waals surface area contributed by atoms with Crippen LogP contribution in [0.1, 0.15) is 64.5 Å². The van der Waals surface area contributed by atoms with Crippen molar-refractivity contribution in [3.63, 3.8) is 0 Å². The van der Waals surface area contributed by atoms with Crippen LogP contribution in [0.25, 0.3) is 0 Å². The van der Waals surface area contributed by atoms with E-state index >= 15 is 0 Å². The Balaban J connectivity index is 1.40. The fraction of sp³-hybridized carbons (Fsp3) is 0.255. The summed E-state index contributed by atoms with van der Waals surface area (Å²) in [4.78, 5) is 28.2. The molecule has 1 aliphatic carbocycles. The van der Waals surface area contributed by atoms with Crippen molar-refractivity contribution >= 4 is 72.3 Å². The molecule has 2 heterocycles. The quantitative estimate of drug-likeness (QED) is 0.138. The SMILES string of the molecule is CC1(C)C(/C=C/C2=C(N(c3ccccc3)c3ccccc3)C(=C/C=C3/N(CCC(=O)O)c4ccc(Br)cc4C3(C)C)/CC2)=[N+](CCC(=O)O)c2ccc(Br)cc21. The number of anilines is 3. The van der Waals surface area contributed by atoms with Crippen LogP contribution < -0.4 is 9.80 Å². The second kappa shape index (κ2) is 15.9. The molecule has 2 N–H and O–H groups in total. The van der Waals surface area contributed by atoms with Gasteiger partial charge in [0.05, 0.1) is 17.5 Å². The Morgan fingerprint density at radius 2 is 1.36 bits per heavy atom. The van der Waals surface area contributed by atoms with Gasteiger partial charge in [0.25, 0.3) is 0 Å². The van der Waals surface area contributed by atoms with E-state index in [4.69, 9.17) is 0 Å². The molecular weight excluding hydrogens is 830 g/mol. The van der Waals surface area contributed by atoms with Crippen LogP contribution in [-0.4, -0.2) is 45.5 Å². The molecule has 0 bridgehead atoms. The van der Waals surface area contributed by atoms with Crippen molar-refractivity contribution in [1.29, 1.82) is 0 Å². The van der Waals surface area contributed by atoms with E-state index in [2.05, 4.69) is 171 Å². The number of carbonyl (C=O) groups is 2. The second-order valence-electron chi connectivity index (χ2n) is 15.5. The molecule has 2 aliphatic heterocycles. The lowest BCUT2D eigenvalue weighted by molar-refractivity contribution is -0.436. The van der Waals surface area contributed by atoms with Gasteiger partial charge in [-0.15, -0.1) is 0 Å². The molecule has 9 heteroatoms. The molecule has 0 aromatic heterocycles. The number of rotatable bonds is 12. The zero-order valence-corrected chi connectivity index (χ0v) is 35.3. The van der Waals surface area contributed by atoms with Gasteiger partial charge in [-0.3, -0.25) is 9.59 Å². The highest BCUT2D eigenvalue weighted by molar-refractivity contribution is 9.10. The Hall–Kier alpha value is -4.99. The molecule has 0 unspecified atom stereocenters. The van der Waals surface area contributed by atoms with E-state index in [1.807, 2.05) is 24.3 Å². The van der Waals surface area contributed by atoms with Crippen LogP contribution in [-0.2, 0) is 20.4 Å². The van der Waals surface area contributed by atoms with Gasteiger partial charge in [-0.25, -0.2) is 0 Å². The lowest BCUT2D eigenvalue weighted by atomic mass is 9.81. The van der Waals surface area contributed by atoms with Gasteiger partial charge in [-0.2, -0.15) is 4.58 Å².